The third-order valence-corrected chi connectivity index (χ3v) is 4.61. The fourth-order valence-corrected chi connectivity index (χ4v) is 3.07. The smallest absolute Gasteiger partial charge is 0.227 e. The number of hydrogen-bond donors (Lipinski definition) is 2. The summed E-state index contributed by atoms with van der Waals surface area (Å²) in [5.74, 6) is 1.90. The molecular formula is C14H26N2O. The average molecular weight is 238 g/mol. The largest absolute Gasteiger partial charge is 0.356 e. The summed E-state index contributed by atoms with van der Waals surface area (Å²) in [4.78, 5) is 11.9. The van der Waals surface area contributed by atoms with Crippen molar-refractivity contribution in [1.29, 1.82) is 0 Å². The van der Waals surface area contributed by atoms with Crippen LogP contribution in [-0.2, 0) is 4.79 Å². The molecule has 0 aliphatic heterocycles. The van der Waals surface area contributed by atoms with Gasteiger partial charge in [0.2, 0.25) is 5.91 Å². The van der Waals surface area contributed by atoms with E-state index in [9.17, 15) is 4.79 Å². The molecule has 0 heterocycles. The SMILES string of the molecule is CC1CCCC(CCNC(=O)C2(CN)CC2)C1. The summed E-state index contributed by atoms with van der Waals surface area (Å²) < 4.78 is 0. The number of nitrogens with two attached hydrogens (primary N) is 1. The standard InChI is InChI=1S/C14H26N2O/c1-11-3-2-4-12(9-11)5-8-16-13(17)14(10-15)6-7-14/h11-12H,2-10,15H2,1H3,(H,16,17). The minimum atomic E-state index is -0.181. The molecule has 2 atom stereocenters. The lowest BCUT2D eigenvalue weighted by atomic mass is 9.81. The Balaban J connectivity index is 1.64. The molecule has 2 saturated carbocycles. The first-order chi connectivity index (χ1) is 8.16. The predicted molar refractivity (Wildman–Crippen MR) is 69.5 cm³/mol. The monoisotopic (exact) mass is 238 g/mol. The van der Waals surface area contributed by atoms with Gasteiger partial charge in [-0.25, -0.2) is 0 Å². The molecule has 2 unspecified atom stereocenters. The van der Waals surface area contributed by atoms with Crippen molar-refractivity contribution in [2.45, 2.75) is 51.9 Å². The van der Waals surface area contributed by atoms with E-state index in [1.165, 1.54) is 25.7 Å². The molecule has 3 nitrogen and oxygen atoms in total. The highest BCUT2D eigenvalue weighted by Gasteiger charge is 2.48. The zero-order chi connectivity index (χ0) is 12.3. The van der Waals surface area contributed by atoms with Crippen molar-refractivity contribution < 1.29 is 4.79 Å². The Morgan fingerprint density at radius 2 is 2.18 bits per heavy atom. The Kier molecular flexibility index (Phi) is 4.08. The second kappa shape index (κ2) is 5.38. The van der Waals surface area contributed by atoms with Crippen LogP contribution in [0.1, 0.15) is 51.9 Å². The molecule has 0 saturated heterocycles. The molecule has 0 aromatic rings. The van der Waals surface area contributed by atoms with Crippen LogP contribution in [0.5, 0.6) is 0 Å². The summed E-state index contributed by atoms with van der Waals surface area (Å²) in [5.41, 5.74) is 5.46. The lowest BCUT2D eigenvalue weighted by molar-refractivity contribution is -0.126. The number of amides is 1. The van der Waals surface area contributed by atoms with E-state index in [1.807, 2.05) is 0 Å². The number of carbonyl (C=O) groups is 1. The fraction of sp³-hybridized carbons (Fsp3) is 0.929. The van der Waals surface area contributed by atoms with Gasteiger partial charge >= 0.3 is 0 Å². The molecule has 98 valence electrons. The van der Waals surface area contributed by atoms with Crippen molar-refractivity contribution in [3.63, 3.8) is 0 Å². The maximum Gasteiger partial charge on any atom is 0.227 e. The van der Waals surface area contributed by atoms with Gasteiger partial charge in [0.15, 0.2) is 0 Å². The molecule has 2 fully saturated rings. The highest BCUT2D eigenvalue weighted by Crippen LogP contribution is 2.44. The Morgan fingerprint density at radius 3 is 2.76 bits per heavy atom. The normalized spacial score (nSPS) is 30.9. The van der Waals surface area contributed by atoms with Gasteiger partial charge < -0.3 is 11.1 Å². The van der Waals surface area contributed by atoms with E-state index in [1.54, 1.807) is 0 Å². The van der Waals surface area contributed by atoms with Gasteiger partial charge in [-0.2, -0.15) is 0 Å². The van der Waals surface area contributed by atoms with E-state index in [0.29, 0.717) is 6.54 Å². The second-order valence-corrected chi connectivity index (χ2v) is 6.17. The van der Waals surface area contributed by atoms with Crippen LogP contribution in [-0.4, -0.2) is 19.0 Å². The van der Waals surface area contributed by atoms with Crippen molar-refractivity contribution in [3.8, 4) is 0 Å². The molecule has 2 aliphatic carbocycles. The summed E-state index contributed by atoms with van der Waals surface area (Å²) in [5, 5.41) is 3.08. The number of nitrogens with one attached hydrogen (secondary N) is 1. The average Bonchev–Trinajstić information content (AvgIpc) is 3.10. The number of rotatable bonds is 5. The Labute approximate surface area is 105 Å². The van der Waals surface area contributed by atoms with Crippen LogP contribution in [0.3, 0.4) is 0 Å². The number of hydrogen-bond acceptors (Lipinski definition) is 2. The van der Waals surface area contributed by atoms with E-state index >= 15 is 0 Å². The molecule has 3 heteroatoms. The quantitative estimate of drug-likeness (QED) is 0.770. The summed E-state index contributed by atoms with van der Waals surface area (Å²) in [6.45, 7) is 3.70. The van der Waals surface area contributed by atoms with Gasteiger partial charge in [0.05, 0.1) is 5.41 Å². The van der Waals surface area contributed by atoms with Crippen molar-refractivity contribution >= 4 is 5.91 Å². The predicted octanol–water partition coefficient (Wildman–Crippen LogP) is 2.06. The molecule has 0 bridgehead atoms. The minimum absolute atomic E-state index is 0.181. The van der Waals surface area contributed by atoms with Gasteiger partial charge in [-0.05, 0) is 37.5 Å². The van der Waals surface area contributed by atoms with Crippen LogP contribution in [0.2, 0.25) is 0 Å². The van der Waals surface area contributed by atoms with Gasteiger partial charge in [-0.1, -0.05) is 26.2 Å². The zero-order valence-corrected chi connectivity index (χ0v) is 11.0. The fourth-order valence-electron chi connectivity index (χ4n) is 3.07. The Morgan fingerprint density at radius 1 is 1.41 bits per heavy atom. The van der Waals surface area contributed by atoms with Crippen LogP contribution < -0.4 is 11.1 Å². The van der Waals surface area contributed by atoms with Gasteiger partial charge in [-0.15, -0.1) is 0 Å². The van der Waals surface area contributed by atoms with Gasteiger partial charge in [-0.3, -0.25) is 4.79 Å². The maximum absolute atomic E-state index is 11.9. The van der Waals surface area contributed by atoms with Crippen molar-refractivity contribution in [2.75, 3.05) is 13.1 Å². The van der Waals surface area contributed by atoms with Crippen LogP contribution in [0.25, 0.3) is 0 Å². The van der Waals surface area contributed by atoms with E-state index in [2.05, 4.69) is 12.2 Å². The van der Waals surface area contributed by atoms with Crippen molar-refractivity contribution in [2.24, 2.45) is 23.0 Å². The van der Waals surface area contributed by atoms with Gasteiger partial charge in [0, 0.05) is 13.1 Å². The zero-order valence-electron chi connectivity index (χ0n) is 11.0. The van der Waals surface area contributed by atoms with Gasteiger partial charge in [0.25, 0.3) is 0 Å². The minimum Gasteiger partial charge on any atom is -0.356 e. The highest BCUT2D eigenvalue weighted by atomic mass is 16.2. The first-order valence-corrected chi connectivity index (χ1v) is 7.15. The molecule has 17 heavy (non-hydrogen) atoms. The summed E-state index contributed by atoms with van der Waals surface area (Å²) in [6.07, 6.45) is 8.56. The van der Waals surface area contributed by atoms with E-state index in [4.69, 9.17) is 5.73 Å². The highest BCUT2D eigenvalue weighted by molar-refractivity contribution is 5.85. The molecule has 0 radical (unpaired) electrons. The number of carbonyl (C=O) groups excluding carboxylic acids is 1. The lowest BCUT2D eigenvalue weighted by Gasteiger charge is -2.26. The van der Waals surface area contributed by atoms with Crippen molar-refractivity contribution in [1.82, 2.24) is 5.32 Å². The summed E-state index contributed by atoms with van der Waals surface area (Å²) in [7, 11) is 0. The maximum atomic E-state index is 11.9. The van der Waals surface area contributed by atoms with Crippen LogP contribution in [0.15, 0.2) is 0 Å². The first kappa shape index (κ1) is 12.9. The van der Waals surface area contributed by atoms with E-state index in [0.717, 1.165) is 37.6 Å². The lowest BCUT2D eigenvalue weighted by Crippen LogP contribution is -2.37. The topological polar surface area (TPSA) is 55.1 Å². The van der Waals surface area contributed by atoms with E-state index < -0.39 is 0 Å². The molecular weight excluding hydrogens is 212 g/mol. The molecule has 3 N–H and O–H groups in total. The molecule has 1 amide bonds. The molecule has 0 spiro atoms. The first-order valence-electron chi connectivity index (χ1n) is 7.15. The third kappa shape index (κ3) is 3.21. The van der Waals surface area contributed by atoms with Gasteiger partial charge in [0.1, 0.15) is 0 Å². The third-order valence-electron chi connectivity index (χ3n) is 4.61. The molecule has 2 aliphatic rings. The molecule has 0 aromatic heterocycles. The summed E-state index contributed by atoms with van der Waals surface area (Å²) in [6, 6.07) is 0. The van der Waals surface area contributed by atoms with E-state index in [-0.39, 0.29) is 11.3 Å². The second-order valence-electron chi connectivity index (χ2n) is 6.17. The molecule has 2 rings (SSSR count). The van der Waals surface area contributed by atoms with Crippen LogP contribution in [0, 0.1) is 17.3 Å². The Bertz CT molecular complexity index is 273. The molecule has 0 aromatic carbocycles. The van der Waals surface area contributed by atoms with Crippen molar-refractivity contribution in [3.05, 3.63) is 0 Å². The van der Waals surface area contributed by atoms with Crippen LogP contribution >= 0.6 is 0 Å². The van der Waals surface area contributed by atoms with Crippen LogP contribution in [0.4, 0.5) is 0 Å². The Hall–Kier alpha value is -0.570. The summed E-state index contributed by atoms with van der Waals surface area (Å²) >= 11 is 0.